The molecule has 0 aromatic heterocycles. The molecule has 4 heteroatoms. The van der Waals surface area contributed by atoms with E-state index < -0.39 is 0 Å². The number of anilines is 1. The van der Waals surface area contributed by atoms with Gasteiger partial charge in [-0.05, 0) is 31.7 Å². The maximum Gasteiger partial charge on any atom is 0.274 e. The lowest BCUT2D eigenvalue weighted by Gasteiger charge is -2.08. The second kappa shape index (κ2) is 6.23. The van der Waals surface area contributed by atoms with Crippen molar-refractivity contribution in [1.82, 2.24) is 0 Å². The molecule has 94 valence electrons. The summed E-state index contributed by atoms with van der Waals surface area (Å²) >= 11 is 0. The fourth-order valence-corrected chi connectivity index (χ4v) is 1.66. The highest BCUT2D eigenvalue weighted by Crippen LogP contribution is 2.22. The second-order valence-electron chi connectivity index (χ2n) is 4.72. The molecular weight excluding hydrogens is 216 g/mol. The van der Waals surface area contributed by atoms with Crippen LogP contribution in [-0.4, -0.2) is 11.5 Å². The van der Waals surface area contributed by atoms with E-state index >= 15 is 0 Å². The van der Waals surface area contributed by atoms with Crippen LogP contribution in [0.3, 0.4) is 0 Å². The molecule has 0 unspecified atom stereocenters. The quantitative estimate of drug-likeness (QED) is 0.465. The Morgan fingerprint density at radius 3 is 2.71 bits per heavy atom. The van der Waals surface area contributed by atoms with E-state index in [0.29, 0.717) is 11.5 Å². The maximum absolute atomic E-state index is 10.8. The minimum atomic E-state index is -0.339. The molecule has 4 nitrogen and oxygen atoms in total. The van der Waals surface area contributed by atoms with Crippen LogP contribution in [0.2, 0.25) is 0 Å². The van der Waals surface area contributed by atoms with Crippen molar-refractivity contribution in [3.63, 3.8) is 0 Å². The minimum Gasteiger partial charge on any atom is -0.385 e. The SMILES string of the molecule is Cc1ccc(NCCCC(C)C)cc1[N+](=O)[O-]. The predicted octanol–water partition coefficient (Wildman–Crippen LogP) is 3.75. The van der Waals surface area contributed by atoms with E-state index in [-0.39, 0.29) is 10.6 Å². The molecule has 0 spiro atoms. The van der Waals surface area contributed by atoms with Gasteiger partial charge in [0.1, 0.15) is 0 Å². The van der Waals surface area contributed by atoms with Crippen molar-refractivity contribution < 1.29 is 4.92 Å². The monoisotopic (exact) mass is 236 g/mol. The summed E-state index contributed by atoms with van der Waals surface area (Å²) in [7, 11) is 0. The first-order valence-electron chi connectivity index (χ1n) is 5.99. The number of nitrogens with zero attached hydrogens (tertiary/aromatic N) is 1. The van der Waals surface area contributed by atoms with Crippen molar-refractivity contribution >= 4 is 11.4 Å². The molecule has 0 saturated carbocycles. The van der Waals surface area contributed by atoms with E-state index in [1.165, 1.54) is 6.42 Å². The molecule has 1 rings (SSSR count). The zero-order valence-electron chi connectivity index (χ0n) is 10.7. The molecule has 0 saturated heterocycles. The van der Waals surface area contributed by atoms with Gasteiger partial charge in [-0.25, -0.2) is 0 Å². The van der Waals surface area contributed by atoms with Gasteiger partial charge in [0.2, 0.25) is 0 Å². The van der Waals surface area contributed by atoms with Gasteiger partial charge < -0.3 is 5.32 Å². The summed E-state index contributed by atoms with van der Waals surface area (Å²) in [6.07, 6.45) is 2.25. The van der Waals surface area contributed by atoms with Crippen molar-refractivity contribution in [2.24, 2.45) is 5.92 Å². The highest BCUT2D eigenvalue weighted by atomic mass is 16.6. The lowest BCUT2D eigenvalue weighted by atomic mass is 10.1. The summed E-state index contributed by atoms with van der Waals surface area (Å²) < 4.78 is 0. The third-order valence-corrected chi connectivity index (χ3v) is 2.69. The Morgan fingerprint density at radius 2 is 2.12 bits per heavy atom. The van der Waals surface area contributed by atoms with Crippen molar-refractivity contribution in [2.45, 2.75) is 33.6 Å². The van der Waals surface area contributed by atoms with Crippen molar-refractivity contribution in [3.8, 4) is 0 Å². The van der Waals surface area contributed by atoms with E-state index in [4.69, 9.17) is 0 Å². The van der Waals surface area contributed by atoms with E-state index in [9.17, 15) is 10.1 Å². The molecule has 1 aromatic rings. The van der Waals surface area contributed by atoms with Crippen LogP contribution in [0.1, 0.15) is 32.3 Å². The topological polar surface area (TPSA) is 55.2 Å². The Balaban J connectivity index is 2.54. The Bertz CT molecular complexity index is 389. The number of nitro benzene ring substituents is 1. The van der Waals surface area contributed by atoms with Crippen LogP contribution in [0.15, 0.2) is 18.2 Å². The Morgan fingerprint density at radius 1 is 1.41 bits per heavy atom. The molecule has 0 atom stereocenters. The van der Waals surface area contributed by atoms with Crippen LogP contribution in [0, 0.1) is 23.0 Å². The molecule has 1 aromatic carbocycles. The molecule has 0 aliphatic heterocycles. The van der Waals surface area contributed by atoms with Gasteiger partial charge >= 0.3 is 0 Å². The van der Waals surface area contributed by atoms with E-state index in [0.717, 1.165) is 18.7 Å². The molecule has 0 radical (unpaired) electrons. The average molecular weight is 236 g/mol. The van der Waals surface area contributed by atoms with E-state index in [1.54, 1.807) is 19.1 Å². The molecule has 0 amide bonds. The predicted molar refractivity (Wildman–Crippen MR) is 70.4 cm³/mol. The van der Waals surface area contributed by atoms with Gasteiger partial charge in [0.15, 0.2) is 0 Å². The molecule has 17 heavy (non-hydrogen) atoms. The summed E-state index contributed by atoms with van der Waals surface area (Å²) in [6, 6.07) is 5.27. The average Bonchev–Trinajstić information content (AvgIpc) is 2.25. The second-order valence-corrected chi connectivity index (χ2v) is 4.72. The first-order chi connectivity index (χ1) is 8.00. The largest absolute Gasteiger partial charge is 0.385 e. The van der Waals surface area contributed by atoms with Gasteiger partial charge in [-0.2, -0.15) is 0 Å². The highest BCUT2D eigenvalue weighted by molar-refractivity contribution is 5.54. The standard InChI is InChI=1S/C13H20N2O2/c1-10(2)5-4-8-14-12-7-6-11(3)13(9-12)15(16)17/h6-7,9-10,14H,4-5,8H2,1-3H3. The van der Waals surface area contributed by atoms with Crippen LogP contribution in [0.5, 0.6) is 0 Å². The van der Waals surface area contributed by atoms with Crippen molar-refractivity contribution in [3.05, 3.63) is 33.9 Å². The van der Waals surface area contributed by atoms with Crippen molar-refractivity contribution in [1.29, 1.82) is 0 Å². The van der Waals surface area contributed by atoms with Crippen LogP contribution in [0.25, 0.3) is 0 Å². The van der Waals surface area contributed by atoms with Crippen molar-refractivity contribution in [2.75, 3.05) is 11.9 Å². The molecule has 0 fully saturated rings. The fourth-order valence-electron chi connectivity index (χ4n) is 1.66. The zero-order valence-corrected chi connectivity index (χ0v) is 10.7. The summed E-state index contributed by atoms with van der Waals surface area (Å²) in [5.74, 6) is 0.698. The summed E-state index contributed by atoms with van der Waals surface area (Å²) in [6.45, 7) is 6.99. The highest BCUT2D eigenvalue weighted by Gasteiger charge is 2.10. The molecule has 0 bridgehead atoms. The first-order valence-corrected chi connectivity index (χ1v) is 5.99. The molecule has 0 heterocycles. The van der Waals surface area contributed by atoms with Crippen LogP contribution < -0.4 is 5.32 Å². The summed E-state index contributed by atoms with van der Waals surface area (Å²) in [5, 5.41) is 14.0. The van der Waals surface area contributed by atoms with E-state index in [1.807, 2.05) is 6.07 Å². The lowest BCUT2D eigenvalue weighted by Crippen LogP contribution is -2.03. The molecule has 0 aliphatic carbocycles. The van der Waals surface area contributed by atoms with Gasteiger partial charge in [0.25, 0.3) is 5.69 Å². The number of rotatable bonds is 6. The minimum absolute atomic E-state index is 0.179. The third kappa shape index (κ3) is 4.43. The molecular formula is C13H20N2O2. The van der Waals surface area contributed by atoms with Gasteiger partial charge in [0.05, 0.1) is 4.92 Å². The third-order valence-electron chi connectivity index (χ3n) is 2.69. The van der Waals surface area contributed by atoms with Gasteiger partial charge in [-0.3, -0.25) is 10.1 Å². The van der Waals surface area contributed by atoms with Gasteiger partial charge in [-0.1, -0.05) is 19.9 Å². The maximum atomic E-state index is 10.8. The van der Waals surface area contributed by atoms with Gasteiger partial charge in [-0.15, -0.1) is 0 Å². The Labute approximate surface area is 102 Å². The summed E-state index contributed by atoms with van der Waals surface area (Å²) in [5.41, 5.74) is 1.70. The van der Waals surface area contributed by atoms with Crippen LogP contribution >= 0.6 is 0 Å². The number of hydrogen-bond donors (Lipinski definition) is 1. The number of aryl methyl sites for hydroxylation is 1. The van der Waals surface area contributed by atoms with Crippen LogP contribution in [0.4, 0.5) is 11.4 Å². The lowest BCUT2D eigenvalue weighted by molar-refractivity contribution is -0.385. The number of benzene rings is 1. The normalized spacial score (nSPS) is 10.6. The zero-order chi connectivity index (χ0) is 12.8. The summed E-state index contributed by atoms with van der Waals surface area (Å²) in [4.78, 5) is 10.4. The van der Waals surface area contributed by atoms with E-state index in [2.05, 4.69) is 19.2 Å². The Hall–Kier alpha value is -1.58. The first kappa shape index (κ1) is 13.5. The van der Waals surface area contributed by atoms with Crippen LogP contribution in [-0.2, 0) is 0 Å². The number of nitrogens with one attached hydrogen (secondary N) is 1. The number of nitro groups is 1. The fraction of sp³-hybridized carbons (Fsp3) is 0.538. The Kier molecular flexibility index (Phi) is 4.94. The van der Waals surface area contributed by atoms with Gasteiger partial charge in [0, 0.05) is 23.9 Å². The molecule has 1 N–H and O–H groups in total. The molecule has 0 aliphatic rings. The number of hydrogen-bond acceptors (Lipinski definition) is 3. The smallest absolute Gasteiger partial charge is 0.274 e.